The Kier molecular flexibility index (Phi) is 4.86. The Morgan fingerprint density at radius 3 is 2.42 bits per heavy atom. The van der Waals surface area contributed by atoms with E-state index in [1.54, 1.807) is 13.8 Å². The lowest BCUT2D eigenvalue weighted by Gasteiger charge is -2.23. The molecule has 0 atom stereocenters. The highest BCUT2D eigenvalue weighted by atomic mass is 19.1. The van der Waals surface area contributed by atoms with Crippen LogP contribution in [0.15, 0.2) is 24.3 Å². The minimum Gasteiger partial charge on any atom is -0.492 e. The van der Waals surface area contributed by atoms with Gasteiger partial charge in [-0.15, -0.1) is 0 Å². The van der Waals surface area contributed by atoms with Gasteiger partial charge in [0.2, 0.25) is 5.91 Å². The van der Waals surface area contributed by atoms with Crippen LogP contribution in [0.3, 0.4) is 0 Å². The Labute approximate surface area is 110 Å². The first-order valence-corrected chi connectivity index (χ1v) is 5.70. The van der Waals surface area contributed by atoms with Crippen molar-refractivity contribution < 1.29 is 23.8 Å². The summed E-state index contributed by atoms with van der Waals surface area (Å²) < 4.78 is 18.1. The number of carboxylic acid groups (broad SMARTS) is 1. The predicted molar refractivity (Wildman–Crippen MR) is 66.3 cm³/mol. The third-order valence-corrected chi connectivity index (χ3v) is 2.43. The van der Waals surface area contributed by atoms with Gasteiger partial charge in [-0.05, 0) is 38.1 Å². The Hall–Kier alpha value is -2.11. The molecule has 0 aliphatic carbocycles. The van der Waals surface area contributed by atoms with Gasteiger partial charge < -0.3 is 15.2 Å². The van der Waals surface area contributed by atoms with Gasteiger partial charge >= 0.3 is 5.97 Å². The summed E-state index contributed by atoms with van der Waals surface area (Å²) >= 11 is 0. The molecule has 0 saturated carbocycles. The number of hydrogen-bond acceptors (Lipinski definition) is 3. The van der Waals surface area contributed by atoms with Gasteiger partial charge in [0.15, 0.2) is 0 Å². The highest BCUT2D eigenvalue weighted by Gasteiger charge is 2.28. The van der Waals surface area contributed by atoms with Crippen molar-refractivity contribution in [3.8, 4) is 5.75 Å². The lowest BCUT2D eigenvalue weighted by molar-refractivity contribution is -0.140. The van der Waals surface area contributed by atoms with Crippen molar-refractivity contribution in [2.45, 2.75) is 13.8 Å². The van der Waals surface area contributed by atoms with Crippen molar-refractivity contribution in [1.82, 2.24) is 5.32 Å². The van der Waals surface area contributed by atoms with Crippen molar-refractivity contribution in [2.24, 2.45) is 5.41 Å². The molecule has 0 radical (unpaired) electrons. The lowest BCUT2D eigenvalue weighted by Crippen LogP contribution is -2.42. The molecule has 0 heterocycles. The number of amides is 1. The number of halogens is 1. The van der Waals surface area contributed by atoms with E-state index in [4.69, 9.17) is 9.84 Å². The summed E-state index contributed by atoms with van der Waals surface area (Å²) in [6.07, 6.45) is 0. The normalized spacial score (nSPS) is 10.9. The minimum atomic E-state index is -1.11. The molecule has 1 amide bonds. The fourth-order valence-corrected chi connectivity index (χ4v) is 1.26. The molecule has 0 unspecified atom stereocenters. The number of carbonyl (C=O) groups is 2. The van der Waals surface area contributed by atoms with E-state index >= 15 is 0 Å². The van der Waals surface area contributed by atoms with Crippen molar-refractivity contribution in [3.63, 3.8) is 0 Å². The van der Waals surface area contributed by atoms with Crippen LogP contribution in [0, 0.1) is 11.2 Å². The van der Waals surface area contributed by atoms with Gasteiger partial charge in [0.05, 0.1) is 5.41 Å². The molecule has 0 saturated heterocycles. The maximum Gasteiger partial charge on any atom is 0.322 e. The smallest absolute Gasteiger partial charge is 0.322 e. The minimum absolute atomic E-state index is 0.0596. The monoisotopic (exact) mass is 269 g/mol. The molecular formula is C13H16FNO4. The van der Waals surface area contributed by atoms with Crippen LogP contribution >= 0.6 is 0 Å². The zero-order valence-electron chi connectivity index (χ0n) is 10.8. The van der Waals surface area contributed by atoms with Crippen LogP contribution in [0.4, 0.5) is 4.39 Å². The van der Waals surface area contributed by atoms with Crippen LogP contribution in [-0.2, 0) is 9.59 Å². The molecule has 1 rings (SSSR count). The first-order chi connectivity index (χ1) is 8.81. The molecular weight excluding hydrogens is 253 g/mol. The van der Waals surface area contributed by atoms with E-state index in [0.29, 0.717) is 5.75 Å². The molecule has 0 aromatic heterocycles. The van der Waals surface area contributed by atoms with Crippen LogP contribution in [-0.4, -0.2) is 30.1 Å². The topological polar surface area (TPSA) is 75.6 Å². The number of carboxylic acids is 1. The molecule has 0 aliphatic heterocycles. The summed E-state index contributed by atoms with van der Waals surface area (Å²) in [4.78, 5) is 22.1. The number of nitrogens with one attached hydrogen (secondary N) is 1. The second kappa shape index (κ2) is 6.17. The first kappa shape index (κ1) is 14.9. The number of carbonyl (C=O) groups excluding carboxylic acids is 1. The van der Waals surface area contributed by atoms with Crippen LogP contribution in [0.1, 0.15) is 13.8 Å². The molecule has 6 heteroatoms. The molecule has 1 aromatic carbocycles. The Balaban J connectivity index is 2.51. The lowest BCUT2D eigenvalue weighted by atomic mass is 9.93. The molecule has 0 aliphatic rings. The quantitative estimate of drug-likeness (QED) is 0.819. The van der Waals surface area contributed by atoms with Gasteiger partial charge in [0, 0.05) is 0 Å². The summed E-state index contributed by atoms with van der Waals surface area (Å²) in [5, 5.41) is 10.8. The van der Waals surface area contributed by atoms with Crippen molar-refractivity contribution in [2.75, 3.05) is 13.2 Å². The van der Waals surface area contributed by atoms with E-state index in [-0.39, 0.29) is 12.4 Å². The highest BCUT2D eigenvalue weighted by molar-refractivity contribution is 5.85. The van der Waals surface area contributed by atoms with E-state index in [1.165, 1.54) is 24.3 Å². The zero-order valence-corrected chi connectivity index (χ0v) is 10.8. The number of aliphatic carboxylic acids is 1. The van der Waals surface area contributed by atoms with Crippen LogP contribution in [0.25, 0.3) is 0 Å². The number of hydrogen-bond donors (Lipinski definition) is 2. The molecule has 2 N–H and O–H groups in total. The second-order valence-corrected chi connectivity index (χ2v) is 4.70. The largest absolute Gasteiger partial charge is 0.492 e. The van der Waals surface area contributed by atoms with Gasteiger partial charge in [-0.2, -0.15) is 0 Å². The highest BCUT2D eigenvalue weighted by Crippen LogP contribution is 2.19. The Morgan fingerprint density at radius 2 is 1.89 bits per heavy atom. The van der Waals surface area contributed by atoms with Gasteiger partial charge in [-0.3, -0.25) is 9.59 Å². The van der Waals surface area contributed by atoms with Crippen molar-refractivity contribution in [3.05, 3.63) is 30.1 Å². The average Bonchev–Trinajstić information content (AvgIpc) is 2.35. The molecule has 0 fully saturated rings. The molecule has 0 bridgehead atoms. The van der Waals surface area contributed by atoms with Gasteiger partial charge in [-0.1, -0.05) is 0 Å². The van der Waals surface area contributed by atoms with E-state index in [0.717, 1.165) is 0 Å². The third kappa shape index (κ3) is 4.95. The molecule has 5 nitrogen and oxygen atoms in total. The summed E-state index contributed by atoms with van der Waals surface area (Å²) in [6.45, 7) is 2.89. The standard InChI is InChI=1S/C13H16FNO4/c1-13(2,12(18)15-7-11(16)17)8-19-10-5-3-9(14)4-6-10/h3-6H,7-8H2,1-2H3,(H,15,18)(H,16,17). The summed E-state index contributed by atoms with van der Waals surface area (Å²) in [7, 11) is 0. The Bertz CT molecular complexity index is 456. The van der Waals surface area contributed by atoms with Crippen LogP contribution < -0.4 is 10.1 Å². The Morgan fingerprint density at radius 1 is 1.32 bits per heavy atom. The van der Waals surface area contributed by atoms with E-state index in [2.05, 4.69) is 5.32 Å². The van der Waals surface area contributed by atoms with Crippen LogP contribution in [0.2, 0.25) is 0 Å². The van der Waals surface area contributed by atoms with Gasteiger partial charge in [0.25, 0.3) is 0 Å². The third-order valence-electron chi connectivity index (χ3n) is 2.43. The van der Waals surface area contributed by atoms with Crippen molar-refractivity contribution in [1.29, 1.82) is 0 Å². The summed E-state index contributed by atoms with van der Waals surface area (Å²) in [6, 6.07) is 5.43. The maximum atomic E-state index is 12.7. The fourth-order valence-electron chi connectivity index (χ4n) is 1.26. The second-order valence-electron chi connectivity index (χ2n) is 4.70. The number of rotatable bonds is 6. The van der Waals surface area contributed by atoms with E-state index < -0.39 is 23.8 Å². The molecule has 19 heavy (non-hydrogen) atoms. The molecule has 1 aromatic rings. The maximum absolute atomic E-state index is 12.7. The SMILES string of the molecule is CC(C)(COc1ccc(F)cc1)C(=O)NCC(=O)O. The summed E-state index contributed by atoms with van der Waals surface area (Å²) in [5.74, 6) is -1.45. The predicted octanol–water partition coefficient (Wildman–Crippen LogP) is 1.43. The summed E-state index contributed by atoms with van der Waals surface area (Å²) in [5.41, 5.74) is -0.885. The number of ether oxygens (including phenoxy) is 1. The van der Waals surface area contributed by atoms with Gasteiger partial charge in [-0.25, -0.2) is 4.39 Å². The van der Waals surface area contributed by atoms with Crippen molar-refractivity contribution >= 4 is 11.9 Å². The number of benzene rings is 1. The van der Waals surface area contributed by atoms with E-state index in [9.17, 15) is 14.0 Å². The first-order valence-electron chi connectivity index (χ1n) is 5.70. The molecule has 0 spiro atoms. The fraction of sp³-hybridized carbons (Fsp3) is 0.385. The average molecular weight is 269 g/mol. The zero-order chi connectivity index (χ0) is 14.5. The van der Waals surface area contributed by atoms with E-state index in [1.807, 2.05) is 0 Å². The molecule has 104 valence electrons. The van der Waals surface area contributed by atoms with Crippen LogP contribution in [0.5, 0.6) is 5.75 Å². The van der Waals surface area contributed by atoms with Gasteiger partial charge in [0.1, 0.15) is 24.7 Å².